The molecule has 2 atom stereocenters. The van der Waals surface area contributed by atoms with Gasteiger partial charge < -0.3 is 9.47 Å². The summed E-state index contributed by atoms with van der Waals surface area (Å²) in [4.78, 5) is 22.3. The third-order valence-corrected chi connectivity index (χ3v) is 3.28. The second-order valence-corrected chi connectivity index (χ2v) is 5.21. The van der Waals surface area contributed by atoms with Gasteiger partial charge in [-0.15, -0.1) is 0 Å². The van der Waals surface area contributed by atoms with E-state index < -0.39 is 5.60 Å². The third kappa shape index (κ3) is 3.47. The lowest BCUT2D eigenvalue weighted by molar-refractivity contribution is -0.148. The van der Waals surface area contributed by atoms with Crippen molar-refractivity contribution in [3.63, 3.8) is 0 Å². The smallest absolute Gasteiger partial charge is 0.307 e. The van der Waals surface area contributed by atoms with Crippen LogP contribution in [0, 0.1) is 5.92 Å². The fourth-order valence-electron chi connectivity index (χ4n) is 2.27. The maximum absolute atomic E-state index is 11.2. The minimum Gasteiger partial charge on any atom is -0.459 e. The van der Waals surface area contributed by atoms with Crippen LogP contribution >= 0.6 is 0 Å². The minimum atomic E-state index is -0.568. The largest absolute Gasteiger partial charge is 0.459 e. The molecule has 0 saturated heterocycles. The van der Waals surface area contributed by atoms with Gasteiger partial charge in [-0.1, -0.05) is 30.3 Å². The molecule has 0 amide bonds. The van der Waals surface area contributed by atoms with Crippen molar-refractivity contribution < 1.29 is 19.1 Å². The van der Waals surface area contributed by atoms with Gasteiger partial charge in [-0.3, -0.25) is 9.59 Å². The van der Waals surface area contributed by atoms with Crippen LogP contribution in [0.15, 0.2) is 36.1 Å². The molecule has 1 fully saturated rings. The van der Waals surface area contributed by atoms with Crippen LogP contribution in [0.1, 0.15) is 32.8 Å². The lowest BCUT2D eigenvalue weighted by Crippen LogP contribution is -2.18. The van der Waals surface area contributed by atoms with E-state index in [9.17, 15) is 9.59 Å². The van der Waals surface area contributed by atoms with Crippen LogP contribution in [0.4, 0.5) is 0 Å². The molecule has 0 aliphatic heterocycles. The summed E-state index contributed by atoms with van der Waals surface area (Å²) < 4.78 is 10.6. The molecule has 0 unspecified atom stereocenters. The Morgan fingerprint density at radius 3 is 2.40 bits per heavy atom. The molecule has 1 saturated carbocycles. The molecule has 0 radical (unpaired) electrons. The molecule has 4 nitrogen and oxygen atoms in total. The first kappa shape index (κ1) is 14.3. The zero-order chi connectivity index (χ0) is 14.8. The normalized spacial score (nSPS) is 24.9. The van der Waals surface area contributed by atoms with Gasteiger partial charge in [0.2, 0.25) is 0 Å². The van der Waals surface area contributed by atoms with Crippen molar-refractivity contribution in [2.45, 2.75) is 32.8 Å². The molecule has 0 spiro atoms. The predicted octanol–water partition coefficient (Wildman–Crippen LogP) is 2.93. The zero-order valence-electron chi connectivity index (χ0n) is 11.9. The number of carbonyl (C=O) groups is 2. The lowest BCUT2D eigenvalue weighted by Gasteiger charge is -2.13. The number of carbonyl (C=O) groups excluding carboxylic acids is 2. The fraction of sp³-hybridized carbons (Fsp3) is 0.375. The maximum atomic E-state index is 11.2. The number of esters is 2. The minimum absolute atomic E-state index is 0.0736. The van der Waals surface area contributed by atoms with Crippen LogP contribution in [-0.2, 0) is 19.1 Å². The standard InChI is InChI=1S/C16H18O4/c1-11(17)19-15(9-13-7-5-4-6-8-13)14-10-16(14,3)20-12(2)18/h4-9,14H,10H2,1-3H3/b15-9+/t14-,16-/m0/s1. The van der Waals surface area contributed by atoms with E-state index in [2.05, 4.69) is 0 Å². The van der Waals surface area contributed by atoms with Gasteiger partial charge in [0.1, 0.15) is 11.4 Å². The van der Waals surface area contributed by atoms with Gasteiger partial charge in [0.15, 0.2) is 0 Å². The first-order valence-corrected chi connectivity index (χ1v) is 6.55. The summed E-state index contributed by atoms with van der Waals surface area (Å²) in [6.07, 6.45) is 2.49. The Kier molecular flexibility index (Phi) is 3.93. The summed E-state index contributed by atoms with van der Waals surface area (Å²) in [7, 11) is 0. The highest BCUT2D eigenvalue weighted by molar-refractivity contribution is 5.70. The van der Waals surface area contributed by atoms with Crippen molar-refractivity contribution in [2.24, 2.45) is 5.92 Å². The van der Waals surface area contributed by atoms with Gasteiger partial charge in [0, 0.05) is 20.3 Å². The Hall–Kier alpha value is -2.10. The van der Waals surface area contributed by atoms with Crippen molar-refractivity contribution in [1.29, 1.82) is 0 Å². The average molecular weight is 274 g/mol. The number of benzene rings is 1. The van der Waals surface area contributed by atoms with Crippen LogP contribution in [0.2, 0.25) is 0 Å². The van der Waals surface area contributed by atoms with Gasteiger partial charge in [-0.2, -0.15) is 0 Å². The highest BCUT2D eigenvalue weighted by Gasteiger charge is 2.56. The predicted molar refractivity (Wildman–Crippen MR) is 74.5 cm³/mol. The van der Waals surface area contributed by atoms with Gasteiger partial charge in [-0.05, 0) is 18.6 Å². The summed E-state index contributed by atoms with van der Waals surface area (Å²) in [5.74, 6) is -0.218. The van der Waals surface area contributed by atoms with Crippen molar-refractivity contribution in [1.82, 2.24) is 0 Å². The van der Waals surface area contributed by atoms with Gasteiger partial charge in [0.05, 0.1) is 5.92 Å². The zero-order valence-corrected chi connectivity index (χ0v) is 11.9. The molecule has 1 aliphatic carbocycles. The molecule has 0 N–H and O–H groups in total. The van der Waals surface area contributed by atoms with Crippen LogP contribution in [-0.4, -0.2) is 17.5 Å². The second-order valence-electron chi connectivity index (χ2n) is 5.21. The summed E-state index contributed by atoms with van der Waals surface area (Å²) in [6, 6.07) is 9.60. The Balaban J connectivity index is 2.20. The average Bonchev–Trinajstić information content (AvgIpc) is 2.99. The van der Waals surface area contributed by atoms with Crippen molar-refractivity contribution in [3.05, 3.63) is 41.7 Å². The van der Waals surface area contributed by atoms with Crippen LogP contribution in [0.25, 0.3) is 6.08 Å². The first-order valence-electron chi connectivity index (χ1n) is 6.55. The Morgan fingerprint density at radius 2 is 1.85 bits per heavy atom. The van der Waals surface area contributed by atoms with Crippen molar-refractivity contribution in [2.75, 3.05) is 0 Å². The van der Waals surface area contributed by atoms with E-state index in [0.29, 0.717) is 12.2 Å². The van der Waals surface area contributed by atoms with Gasteiger partial charge in [-0.25, -0.2) is 0 Å². The van der Waals surface area contributed by atoms with E-state index in [1.54, 1.807) is 0 Å². The highest BCUT2D eigenvalue weighted by atomic mass is 16.6. The molecule has 0 bridgehead atoms. The molecule has 2 rings (SSSR count). The number of ether oxygens (including phenoxy) is 2. The van der Waals surface area contributed by atoms with Gasteiger partial charge >= 0.3 is 11.9 Å². The molecule has 1 aliphatic rings. The van der Waals surface area contributed by atoms with Crippen LogP contribution < -0.4 is 0 Å². The highest BCUT2D eigenvalue weighted by Crippen LogP contribution is 2.51. The molecular weight excluding hydrogens is 256 g/mol. The molecule has 0 heterocycles. The van der Waals surface area contributed by atoms with Gasteiger partial charge in [0.25, 0.3) is 0 Å². The topological polar surface area (TPSA) is 52.6 Å². The SMILES string of the molecule is CC(=O)O/C(=C/c1ccccc1)[C@@H]1C[C@]1(C)OC(C)=O. The summed E-state index contributed by atoms with van der Waals surface area (Å²) >= 11 is 0. The quantitative estimate of drug-likeness (QED) is 0.625. The summed E-state index contributed by atoms with van der Waals surface area (Å²) in [6.45, 7) is 4.60. The second kappa shape index (κ2) is 5.49. The molecular formula is C16H18O4. The Labute approximate surface area is 118 Å². The summed E-state index contributed by atoms with van der Waals surface area (Å²) in [5.41, 5.74) is 0.378. The van der Waals surface area contributed by atoms with Crippen LogP contribution in [0.3, 0.4) is 0 Å². The maximum Gasteiger partial charge on any atom is 0.307 e. The van der Waals surface area contributed by atoms with E-state index in [1.165, 1.54) is 13.8 Å². The molecule has 106 valence electrons. The molecule has 4 heteroatoms. The lowest BCUT2D eigenvalue weighted by atomic mass is 10.1. The Morgan fingerprint density at radius 1 is 1.20 bits per heavy atom. The number of hydrogen-bond acceptors (Lipinski definition) is 4. The molecule has 0 aromatic heterocycles. The molecule has 1 aromatic carbocycles. The van der Waals surface area contributed by atoms with E-state index in [1.807, 2.05) is 43.3 Å². The number of rotatable bonds is 4. The monoisotopic (exact) mass is 274 g/mol. The van der Waals surface area contributed by atoms with E-state index in [-0.39, 0.29) is 17.9 Å². The molecule has 20 heavy (non-hydrogen) atoms. The summed E-state index contributed by atoms with van der Waals surface area (Å²) in [5, 5.41) is 0. The fourth-order valence-corrected chi connectivity index (χ4v) is 2.27. The van der Waals surface area contributed by atoms with Crippen molar-refractivity contribution in [3.8, 4) is 0 Å². The number of hydrogen-bond donors (Lipinski definition) is 0. The van der Waals surface area contributed by atoms with E-state index in [0.717, 1.165) is 5.56 Å². The van der Waals surface area contributed by atoms with Crippen LogP contribution in [0.5, 0.6) is 0 Å². The Bertz CT molecular complexity index is 547. The van der Waals surface area contributed by atoms with E-state index >= 15 is 0 Å². The first-order chi connectivity index (χ1) is 9.40. The third-order valence-electron chi connectivity index (χ3n) is 3.28. The van der Waals surface area contributed by atoms with Crippen molar-refractivity contribution >= 4 is 18.0 Å². The molecule has 1 aromatic rings. The van der Waals surface area contributed by atoms with E-state index in [4.69, 9.17) is 9.47 Å².